The van der Waals surface area contributed by atoms with Crippen LogP contribution in [0.2, 0.25) is 0 Å². The van der Waals surface area contributed by atoms with Crippen LogP contribution < -0.4 is 10.1 Å². The molecule has 3 aromatic rings. The Morgan fingerprint density at radius 3 is 2.46 bits per heavy atom. The van der Waals surface area contributed by atoms with Crippen molar-refractivity contribution in [3.63, 3.8) is 0 Å². The molecule has 0 aliphatic rings. The fraction of sp³-hybridized carbons (Fsp3) is 0.136. The first-order valence-corrected chi connectivity index (χ1v) is 8.47. The van der Waals surface area contributed by atoms with E-state index in [-0.39, 0.29) is 23.0 Å². The lowest BCUT2D eigenvalue weighted by molar-refractivity contribution is 0.0951. The van der Waals surface area contributed by atoms with Gasteiger partial charge in [-0.15, -0.1) is 0 Å². The quantitative estimate of drug-likeness (QED) is 0.707. The van der Waals surface area contributed by atoms with E-state index in [9.17, 15) is 9.90 Å². The molecule has 3 aromatic carbocycles. The number of rotatable bonds is 6. The first-order valence-electron chi connectivity index (χ1n) is 8.47. The Bertz CT molecular complexity index is 891. The monoisotopic (exact) mass is 347 g/mol. The first-order chi connectivity index (χ1) is 12.7. The van der Waals surface area contributed by atoms with Gasteiger partial charge in [-0.1, -0.05) is 60.7 Å². The van der Waals surface area contributed by atoms with Gasteiger partial charge in [-0.25, -0.2) is 0 Å². The second kappa shape index (κ2) is 8.21. The van der Waals surface area contributed by atoms with Crippen molar-refractivity contribution in [2.45, 2.75) is 6.42 Å². The van der Waals surface area contributed by atoms with E-state index in [0.29, 0.717) is 13.0 Å². The van der Waals surface area contributed by atoms with Gasteiger partial charge in [-0.3, -0.25) is 4.79 Å². The van der Waals surface area contributed by atoms with Gasteiger partial charge >= 0.3 is 0 Å². The molecular weight excluding hydrogens is 326 g/mol. The smallest absolute Gasteiger partial charge is 0.255 e. The van der Waals surface area contributed by atoms with Crippen LogP contribution in [-0.4, -0.2) is 24.7 Å². The Labute approximate surface area is 153 Å². The Kier molecular flexibility index (Phi) is 5.54. The summed E-state index contributed by atoms with van der Waals surface area (Å²) in [7, 11) is 1.45. The number of carbonyl (C=O) groups excluding carboxylic acids is 1. The lowest BCUT2D eigenvalue weighted by Crippen LogP contribution is -2.25. The molecular formula is C22H21NO3. The molecule has 3 rings (SSSR count). The SMILES string of the molecule is COc1cccc(C(=O)NCCc2cccc(-c3ccccc3)c2)c1O. The van der Waals surface area contributed by atoms with Gasteiger partial charge in [0.05, 0.1) is 12.7 Å². The minimum absolute atomic E-state index is 0.140. The lowest BCUT2D eigenvalue weighted by Gasteiger charge is -2.10. The van der Waals surface area contributed by atoms with Gasteiger partial charge in [0.25, 0.3) is 5.91 Å². The summed E-state index contributed by atoms with van der Waals surface area (Å²) in [6, 6.07) is 23.3. The maximum atomic E-state index is 12.3. The van der Waals surface area contributed by atoms with E-state index in [0.717, 1.165) is 11.1 Å². The van der Waals surface area contributed by atoms with Crippen molar-refractivity contribution in [1.82, 2.24) is 5.32 Å². The Hall–Kier alpha value is -3.27. The first kappa shape index (κ1) is 17.5. The molecule has 0 aliphatic carbocycles. The fourth-order valence-corrected chi connectivity index (χ4v) is 2.82. The third kappa shape index (κ3) is 4.03. The molecule has 1 amide bonds. The number of hydrogen-bond donors (Lipinski definition) is 2. The highest BCUT2D eigenvalue weighted by atomic mass is 16.5. The highest BCUT2D eigenvalue weighted by Gasteiger charge is 2.14. The normalized spacial score (nSPS) is 10.3. The van der Waals surface area contributed by atoms with E-state index < -0.39 is 0 Å². The van der Waals surface area contributed by atoms with Crippen molar-refractivity contribution in [3.05, 3.63) is 83.9 Å². The Balaban J connectivity index is 1.63. The summed E-state index contributed by atoms with van der Waals surface area (Å²) in [6.07, 6.45) is 0.705. The van der Waals surface area contributed by atoms with Crippen molar-refractivity contribution in [1.29, 1.82) is 0 Å². The minimum Gasteiger partial charge on any atom is -0.504 e. The summed E-state index contributed by atoms with van der Waals surface area (Å²) in [4.78, 5) is 12.3. The molecule has 4 heteroatoms. The van der Waals surface area contributed by atoms with Crippen LogP contribution in [0.4, 0.5) is 0 Å². The van der Waals surface area contributed by atoms with Crippen molar-refractivity contribution in [2.24, 2.45) is 0 Å². The Morgan fingerprint density at radius 2 is 1.69 bits per heavy atom. The van der Waals surface area contributed by atoms with Gasteiger partial charge in [-0.2, -0.15) is 0 Å². The Morgan fingerprint density at radius 1 is 0.962 bits per heavy atom. The zero-order valence-corrected chi connectivity index (χ0v) is 14.6. The number of carbonyl (C=O) groups is 1. The minimum atomic E-state index is -0.319. The molecule has 132 valence electrons. The van der Waals surface area contributed by atoms with E-state index >= 15 is 0 Å². The predicted molar refractivity (Wildman–Crippen MR) is 103 cm³/mol. The van der Waals surface area contributed by atoms with Gasteiger partial charge in [0.2, 0.25) is 0 Å². The van der Waals surface area contributed by atoms with E-state index in [1.54, 1.807) is 18.2 Å². The highest BCUT2D eigenvalue weighted by Crippen LogP contribution is 2.29. The summed E-state index contributed by atoms with van der Waals surface area (Å²) < 4.78 is 5.03. The summed E-state index contributed by atoms with van der Waals surface area (Å²) in [5.41, 5.74) is 3.67. The largest absolute Gasteiger partial charge is 0.504 e. The van der Waals surface area contributed by atoms with Gasteiger partial charge in [-0.05, 0) is 35.2 Å². The third-order valence-corrected chi connectivity index (χ3v) is 4.20. The number of nitrogens with one attached hydrogen (secondary N) is 1. The molecule has 0 saturated heterocycles. The van der Waals surface area contributed by atoms with Crippen LogP contribution in [0.25, 0.3) is 11.1 Å². The van der Waals surface area contributed by atoms with Crippen molar-refractivity contribution in [2.75, 3.05) is 13.7 Å². The number of para-hydroxylation sites is 1. The third-order valence-electron chi connectivity index (χ3n) is 4.20. The number of phenols is 1. The lowest BCUT2D eigenvalue weighted by atomic mass is 10.0. The van der Waals surface area contributed by atoms with E-state index in [1.165, 1.54) is 12.7 Å². The zero-order valence-electron chi connectivity index (χ0n) is 14.6. The number of methoxy groups -OCH3 is 1. The van der Waals surface area contributed by atoms with Crippen molar-refractivity contribution >= 4 is 5.91 Å². The summed E-state index contributed by atoms with van der Waals surface area (Å²) in [5.74, 6) is -0.174. The number of ether oxygens (including phenoxy) is 1. The second-order valence-corrected chi connectivity index (χ2v) is 5.93. The number of aromatic hydroxyl groups is 1. The predicted octanol–water partition coefficient (Wildman–Crippen LogP) is 4.04. The van der Waals surface area contributed by atoms with E-state index in [4.69, 9.17) is 4.74 Å². The van der Waals surface area contributed by atoms with Crippen LogP contribution in [-0.2, 0) is 6.42 Å². The maximum absolute atomic E-state index is 12.3. The zero-order chi connectivity index (χ0) is 18.4. The van der Waals surface area contributed by atoms with Crippen LogP contribution in [0, 0.1) is 0 Å². The molecule has 4 nitrogen and oxygen atoms in total. The molecule has 0 bridgehead atoms. The van der Waals surface area contributed by atoms with Crippen molar-refractivity contribution in [3.8, 4) is 22.6 Å². The van der Waals surface area contributed by atoms with Gasteiger partial charge in [0.1, 0.15) is 0 Å². The maximum Gasteiger partial charge on any atom is 0.255 e. The molecule has 0 unspecified atom stereocenters. The molecule has 26 heavy (non-hydrogen) atoms. The molecule has 0 heterocycles. The van der Waals surface area contributed by atoms with Crippen molar-refractivity contribution < 1.29 is 14.6 Å². The summed E-state index contributed by atoms with van der Waals surface area (Å²) in [6.45, 7) is 0.480. The molecule has 0 atom stereocenters. The second-order valence-electron chi connectivity index (χ2n) is 5.93. The molecule has 0 aliphatic heterocycles. The molecule has 0 fully saturated rings. The molecule has 0 spiro atoms. The van der Waals surface area contributed by atoms with E-state index in [2.05, 4.69) is 29.6 Å². The standard InChI is InChI=1S/C22H21NO3/c1-26-20-12-6-11-19(21(20)24)22(25)23-14-13-16-7-5-10-18(15-16)17-8-3-2-4-9-17/h2-12,15,24H,13-14H2,1H3,(H,23,25). The molecule has 0 saturated carbocycles. The summed E-state index contributed by atoms with van der Waals surface area (Å²) in [5, 5.41) is 12.9. The molecule has 0 aromatic heterocycles. The number of benzene rings is 3. The topological polar surface area (TPSA) is 58.6 Å². The average Bonchev–Trinajstić information content (AvgIpc) is 2.69. The van der Waals surface area contributed by atoms with E-state index in [1.807, 2.05) is 30.3 Å². The average molecular weight is 347 g/mol. The van der Waals surface area contributed by atoms with Gasteiger partial charge < -0.3 is 15.2 Å². The molecule has 0 radical (unpaired) electrons. The number of hydrogen-bond acceptors (Lipinski definition) is 3. The van der Waals surface area contributed by atoms with Crippen LogP contribution in [0.15, 0.2) is 72.8 Å². The van der Waals surface area contributed by atoms with Gasteiger partial charge in [0, 0.05) is 6.54 Å². The molecule has 2 N–H and O–H groups in total. The highest BCUT2D eigenvalue weighted by molar-refractivity contribution is 5.97. The number of amides is 1. The number of phenolic OH excluding ortho intramolecular Hbond substituents is 1. The van der Waals surface area contributed by atoms with Gasteiger partial charge in [0.15, 0.2) is 11.5 Å². The van der Waals surface area contributed by atoms with Crippen LogP contribution in [0.3, 0.4) is 0 Å². The fourth-order valence-electron chi connectivity index (χ4n) is 2.82. The van der Waals surface area contributed by atoms with Crippen LogP contribution in [0.1, 0.15) is 15.9 Å². The van der Waals surface area contributed by atoms with Crippen LogP contribution >= 0.6 is 0 Å². The summed E-state index contributed by atoms with van der Waals surface area (Å²) >= 11 is 0. The van der Waals surface area contributed by atoms with Crippen LogP contribution in [0.5, 0.6) is 11.5 Å².